The summed E-state index contributed by atoms with van der Waals surface area (Å²) in [5.41, 5.74) is 0.634. The van der Waals surface area contributed by atoms with Crippen LogP contribution in [0.4, 0.5) is 8.78 Å². The topological polar surface area (TPSA) is 108 Å². The van der Waals surface area contributed by atoms with Crippen molar-refractivity contribution in [3.8, 4) is 0 Å². The number of rotatable bonds is 6. The van der Waals surface area contributed by atoms with Gasteiger partial charge in [0.25, 0.3) is 5.91 Å². The Morgan fingerprint density at radius 3 is 2.41 bits per heavy atom. The molecule has 4 N–H and O–H groups in total. The third kappa shape index (κ3) is 5.67. The third-order valence-corrected chi connectivity index (χ3v) is 5.40. The Morgan fingerprint density at radius 2 is 1.75 bits per heavy atom. The van der Waals surface area contributed by atoms with Crippen LogP contribution in [0.5, 0.6) is 0 Å². The number of aliphatic hydroxyl groups excluding tert-OH is 1. The van der Waals surface area contributed by atoms with Crippen LogP contribution in [-0.4, -0.2) is 41.5 Å². The Morgan fingerprint density at radius 1 is 1.09 bits per heavy atom. The van der Waals surface area contributed by atoms with E-state index in [1.54, 1.807) is 0 Å². The Labute approximate surface area is 184 Å². The largest absolute Gasteiger partial charge is 0.378 e. The molecule has 4 atom stereocenters. The monoisotopic (exact) mass is 445 g/mol. The zero-order chi connectivity index (χ0) is 23.3. The second-order valence-electron chi connectivity index (χ2n) is 7.77. The number of carbonyl (C=O) groups is 3. The molecular formula is C23H25F2N3O4. The highest BCUT2D eigenvalue weighted by atomic mass is 19.1. The summed E-state index contributed by atoms with van der Waals surface area (Å²) in [6, 6.07) is 9.69. The van der Waals surface area contributed by atoms with Gasteiger partial charge in [0.1, 0.15) is 23.7 Å². The van der Waals surface area contributed by atoms with Gasteiger partial charge in [-0.15, -0.1) is 0 Å². The average Bonchev–Trinajstić information content (AvgIpc) is 2.94. The lowest BCUT2D eigenvalue weighted by molar-refractivity contribution is -0.135. The fraction of sp³-hybridized carbons (Fsp3) is 0.348. The Hall–Kier alpha value is -3.33. The van der Waals surface area contributed by atoms with Gasteiger partial charge in [0.15, 0.2) is 6.10 Å². The van der Waals surface area contributed by atoms with Gasteiger partial charge in [0.05, 0.1) is 0 Å². The zero-order valence-corrected chi connectivity index (χ0v) is 17.5. The molecule has 1 aliphatic heterocycles. The van der Waals surface area contributed by atoms with Gasteiger partial charge >= 0.3 is 0 Å². The SMILES string of the molecule is C[C@H](NC(=O)[C@@H](O)c1cc(F)cc(F)c1)C(=O)N[C@@H]1C(=O)NCCC[C@@H]1c1ccccc1. The summed E-state index contributed by atoms with van der Waals surface area (Å²) in [6.07, 6.45) is -0.438. The molecule has 0 bridgehead atoms. The summed E-state index contributed by atoms with van der Waals surface area (Å²) in [5, 5.41) is 17.9. The first-order chi connectivity index (χ1) is 15.3. The van der Waals surface area contributed by atoms with Crippen LogP contribution in [0.2, 0.25) is 0 Å². The van der Waals surface area contributed by atoms with Gasteiger partial charge in [-0.3, -0.25) is 14.4 Å². The van der Waals surface area contributed by atoms with Gasteiger partial charge in [-0.1, -0.05) is 30.3 Å². The van der Waals surface area contributed by atoms with Crippen molar-refractivity contribution in [3.63, 3.8) is 0 Å². The Balaban J connectivity index is 1.68. The highest BCUT2D eigenvalue weighted by Gasteiger charge is 2.34. The molecule has 2 aromatic carbocycles. The second-order valence-corrected chi connectivity index (χ2v) is 7.77. The van der Waals surface area contributed by atoms with Gasteiger partial charge in [-0.25, -0.2) is 8.78 Å². The van der Waals surface area contributed by atoms with E-state index in [1.165, 1.54) is 6.92 Å². The minimum absolute atomic E-state index is 0.244. The maximum absolute atomic E-state index is 13.4. The summed E-state index contributed by atoms with van der Waals surface area (Å²) >= 11 is 0. The lowest BCUT2D eigenvalue weighted by atomic mass is 9.87. The van der Waals surface area contributed by atoms with Gasteiger partial charge in [0.2, 0.25) is 11.8 Å². The maximum atomic E-state index is 13.4. The number of hydrogen-bond donors (Lipinski definition) is 4. The Kier molecular flexibility index (Phi) is 7.53. The van der Waals surface area contributed by atoms with E-state index in [4.69, 9.17) is 0 Å². The summed E-state index contributed by atoms with van der Waals surface area (Å²) in [5.74, 6) is -4.07. The molecule has 0 aromatic heterocycles. The second kappa shape index (κ2) is 10.3. The maximum Gasteiger partial charge on any atom is 0.254 e. The highest BCUT2D eigenvalue weighted by molar-refractivity contribution is 5.93. The molecule has 170 valence electrons. The molecule has 0 spiro atoms. The van der Waals surface area contributed by atoms with Crippen LogP contribution in [-0.2, 0) is 14.4 Å². The zero-order valence-electron chi connectivity index (χ0n) is 17.5. The predicted octanol–water partition coefficient (Wildman–Crippen LogP) is 1.68. The summed E-state index contributed by atoms with van der Waals surface area (Å²) in [6.45, 7) is 1.88. The molecule has 3 amide bonds. The van der Waals surface area contributed by atoms with E-state index in [0.717, 1.165) is 24.1 Å². The average molecular weight is 445 g/mol. The molecule has 32 heavy (non-hydrogen) atoms. The lowest BCUT2D eigenvalue weighted by Gasteiger charge is -2.27. The Bertz CT molecular complexity index is 966. The van der Waals surface area contributed by atoms with Crippen molar-refractivity contribution in [2.24, 2.45) is 0 Å². The van der Waals surface area contributed by atoms with E-state index in [9.17, 15) is 28.3 Å². The van der Waals surface area contributed by atoms with Crippen LogP contribution < -0.4 is 16.0 Å². The lowest BCUT2D eigenvalue weighted by Crippen LogP contribution is -2.54. The van der Waals surface area contributed by atoms with E-state index in [1.807, 2.05) is 30.3 Å². The first kappa shape index (κ1) is 23.3. The molecule has 1 heterocycles. The van der Waals surface area contributed by atoms with Crippen molar-refractivity contribution in [1.29, 1.82) is 0 Å². The number of carbonyl (C=O) groups excluding carboxylic acids is 3. The fourth-order valence-electron chi connectivity index (χ4n) is 3.74. The third-order valence-electron chi connectivity index (χ3n) is 5.40. The van der Waals surface area contributed by atoms with Gasteiger partial charge in [0, 0.05) is 18.5 Å². The van der Waals surface area contributed by atoms with Crippen LogP contribution in [0.1, 0.15) is 42.9 Å². The van der Waals surface area contributed by atoms with Crippen LogP contribution in [0.3, 0.4) is 0 Å². The molecule has 9 heteroatoms. The first-order valence-electron chi connectivity index (χ1n) is 10.3. The molecule has 1 fully saturated rings. The first-order valence-corrected chi connectivity index (χ1v) is 10.3. The fourth-order valence-corrected chi connectivity index (χ4v) is 3.74. The van der Waals surface area contributed by atoms with Crippen molar-refractivity contribution < 1.29 is 28.3 Å². The van der Waals surface area contributed by atoms with E-state index in [2.05, 4.69) is 16.0 Å². The van der Waals surface area contributed by atoms with Gasteiger partial charge in [-0.05, 0) is 43.0 Å². The quantitative estimate of drug-likeness (QED) is 0.543. The molecular weight excluding hydrogens is 420 g/mol. The molecule has 0 aliphatic carbocycles. The highest BCUT2D eigenvalue weighted by Crippen LogP contribution is 2.27. The minimum atomic E-state index is -1.87. The van der Waals surface area contributed by atoms with E-state index in [0.29, 0.717) is 19.0 Å². The van der Waals surface area contributed by atoms with Crippen LogP contribution in [0.15, 0.2) is 48.5 Å². The molecule has 0 unspecified atom stereocenters. The molecule has 3 rings (SSSR count). The van der Waals surface area contributed by atoms with Crippen molar-refractivity contribution >= 4 is 17.7 Å². The van der Waals surface area contributed by atoms with Gasteiger partial charge < -0.3 is 21.1 Å². The summed E-state index contributed by atoms with van der Waals surface area (Å²) in [7, 11) is 0. The van der Waals surface area contributed by atoms with Crippen molar-refractivity contribution in [2.45, 2.75) is 43.9 Å². The smallest absolute Gasteiger partial charge is 0.254 e. The van der Waals surface area contributed by atoms with E-state index in [-0.39, 0.29) is 17.4 Å². The molecule has 1 saturated heterocycles. The molecule has 2 aromatic rings. The van der Waals surface area contributed by atoms with Crippen molar-refractivity contribution in [2.75, 3.05) is 6.54 Å². The number of amides is 3. The number of halogens is 2. The normalized spacial score (nSPS) is 20.4. The minimum Gasteiger partial charge on any atom is -0.378 e. The van der Waals surface area contributed by atoms with Crippen molar-refractivity contribution in [1.82, 2.24) is 16.0 Å². The number of aliphatic hydroxyl groups is 1. The molecule has 0 radical (unpaired) electrons. The number of nitrogens with one attached hydrogen (secondary N) is 3. The summed E-state index contributed by atoms with van der Waals surface area (Å²) < 4.78 is 26.7. The predicted molar refractivity (Wildman–Crippen MR) is 112 cm³/mol. The molecule has 7 nitrogen and oxygen atoms in total. The number of benzene rings is 2. The molecule has 1 aliphatic rings. The van der Waals surface area contributed by atoms with Crippen LogP contribution in [0, 0.1) is 11.6 Å². The van der Waals surface area contributed by atoms with E-state index >= 15 is 0 Å². The van der Waals surface area contributed by atoms with Crippen LogP contribution >= 0.6 is 0 Å². The molecule has 0 saturated carbocycles. The van der Waals surface area contributed by atoms with Crippen LogP contribution in [0.25, 0.3) is 0 Å². The van der Waals surface area contributed by atoms with Gasteiger partial charge in [-0.2, -0.15) is 0 Å². The standard InChI is InChI=1S/C23H25F2N3O4/c1-13(27-23(32)20(29)15-10-16(24)12-17(25)11-15)21(30)28-19-18(8-5-9-26-22(19)31)14-6-3-2-4-7-14/h2-4,6-7,10-13,18-20,29H,5,8-9H2,1H3,(H,26,31)(H,27,32)(H,28,30)/t13-,18+,19-,20-/m0/s1. The van der Waals surface area contributed by atoms with Crippen molar-refractivity contribution in [3.05, 3.63) is 71.3 Å². The summed E-state index contributed by atoms with van der Waals surface area (Å²) in [4.78, 5) is 37.7. The number of hydrogen-bond acceptors (Lipinski definition) is 4. The van der Waals surface area contributed by atoms with E-state index < -0.39 is 41.6 Å².